The average molecular weight is 334 g/mol. The number of hydrogen-bond donors (Lipinski definition) is 0. The van der Waals surface area contributed by atoms with Gasteiger partial charge in [-0.2, -0.15) is 0 Å². The first-order valence-corrected chi connectivity index (χ1v) is 7.66. The molecule has 1 rings (SSSR count). The third kappa shape index (κ3) is 5.72. The molecule has 0 unspecified atom stereocenters. The largest absolute Gasteiger partial charge is 0.463 e. The first kappa shape index (κ1) is 19.8. The van der Waals surface area contributed by atoms with E-state index in [1.807, 2.05) is 13.8 Å². The maximum atomic E-state index is 11.4. The van der Waals surface area contributed by atoms with Gasteiger partial charge in [-0.25, -0.2) is 0 Å². The van der Waals surface area contributed by atoms with Crippen LogP contribution >= 0.6 is 0 Å². The van der Waals surface area contributed by atoms with E-state index in [2.05, 4.69) is 0 Å². The summed E-state index contributed by atoms with van der Waals surface area (Å²) >= 11 is 0. The third-order valence-corrected chi connectivity index (χ3v) is 3.29. The Balaban J connectivity index is 3.01. The van der Waals surface area contributed by atoms with Crippen molar-refractivity contribution in [3.05, 3.63) is 0 Å². The standard InChI is InChI=1S/C15H26O8/c1-6-19-12-11(8-21-9(3)16)23-15(18-5)14(22-10(4)17)13(12)20-7-2/h11-15H,6-8H2,1-5H3/t11-,12-,13+,14+,15+/m1/s1. The first-order chi connectivity index (χ1) is 10.9. The zero-order valence-electron chi connectivity index (χ0n) is 14.3. The van der Waals surface area contributed by atoms with Crippen LogP contribution in [0.4, 0.5) is 0 Å². The van der Waals surface area contributed by atoms with Crippen LogP contribution in [-0.4, -0.2) is 69.6 Å². The molecule has 0 aromatic heterocycles. The molecule has 1 fully saturated rings. The highest BCUT2D eigenvalue weighted by Gasteiger charge is 2.49. The Bertz CT molecular complexity index is 386. The maximum Gasteiger partial charge on any atom is 0.303 e. The summed E-state index contributed by atoms with van der Waals surface area (Å²) < 4.78 is 32.8. The molecular formula is C15H26O8. The lowest BCUT2D eigenvalue weighted by Gasteiger charge is -2.44. The summed E-state index contributed by atoms with van der Waals surface area (Å²) in [6.45, 7) is 7.06. The number of ether oxygens (including phenoxy) is 6. The molecule has 8 heteroatoms. The van der Waals surface area contributed by atoms with E-state index in [9.17, 15) is 9.59 Å². The summed E-state index contributed by atoms with van der Waals surface area (Å²) in [4.78, 5) is 22.5. The Labute approximate surface area is 136 Å². The second kappa shape index (κ2) is 9.82. The number of carbonyl (C=O) groups is 2. The van der Waals surface area contributed by atoms with Crippen LogP contribution in [0, 0.1) is 0 Å². The van der Waals surface area contributed by atoms with E-state index < -0.39 is 42.6 Å². The normalized spacial score (nSPS) is 30.7. The summed E-state index contributed by atoms with van der Waals surface area (Å²) in [7, 11) is 1.44. The van der Waals surface area contributed by atoms with Crippen LogP contribution < -0.4 is 0 Å². The van der Waals surface area contributed by atoms with Gasteiger partial charge < -0.3 is 28.4 Å². The Hall–Kier alpha value is -1.22. The molecule has 0 radical (unpaired) electrons. The van der Waals surface area contributed by atoms with E-state index in [1.54, 1.807) is 0 Å². The molecule has 8 nitrogen and oxygen atoms in total. The molecule has 1 saturated heterocycles. The average Bonchev–Trinajstić information content (AvgIpc) is 2.49. The molecule has 1 aliphatic rings. The fraction of sp³-hybridized carbons (Fsp3) is 0.867. The SMILES string of the molecule is CCO[C@@H]1[C@H](OC(C)=O)[C@@H](OC)O[C@H](COC(C)=O)[C@H]1OCC. The van der Waals surface area contributed by atoms with Gasteiger partial charge in [0, 0.05) is 34.2 Å². The molecule has 0 aromatic carbocycles. The van der Waals surface area contributed by atoms with Gasteiger partial charge in [-0.3, -0.25) is 9.59 Å². The van der Waals surface area contributed by atoms with E-state index in [4.69, 9.17) is 28.4 Å². The van der Waals surface area contributed by atoms with Gasteiger partial charge in [0.05, 0.1) is 0 Å². The number of hydrogen-bond acceptors (Lipinski definition) is 8. The van der Waals surface area contributed by atoms with Crippen molar-refractivity contribution in [2.24, 2.45) is 0 Å². The van der Waals surface area contributed by atoms with Crippen molar-refractivity contribution in [2.75, 3.05) is 26.9 Å². The van der Waals surface area contributed by atoms with E-state index in [0.717, 1.165) is 0 Å². The van der Waals surface area contributed by atoms with Crippen molar-refractivity contribution in [2.45, 2.75) is 58.4 Å². The van der Waals surface area contributed by atoms with E-state index in [-0.39, 0.29) is 6.61 Å². The van der Waals surface area contributed by atoms with Crippen molar-refractivity contribution in [3.8, 4) is 0 Å². The highest BCUT2D eigenvalue weighted by molar-refractivity contribution is 5.66. The van der Waals surface area contributed by atoms with Crippen molar-refractivity contribution >= 4 is 11.9 Å². The summed E-state index contributed by atoms with van der Waals surface area (Å²) in [5.74, 6) is -0.896. The van der Waals surface area contributed by atoms with Crippen molar-refractivity contribution in [3.63, 3.8) is 0 Å². The summed E-state index contributed by atoms with van der Waals surface area (Å²) in [5, 5.41) is 0. The molecule has 0 aromatic rings. The van der Waals surface area contributed by atoms with Crippen LogP contribution in [0.15, 0.2) is 0 Å². The topological polar surface area (TPSA) is 89.5 Å². The molecule has 0 amide bonds. The molecule has 1 aliphatic heterocycles. The molecule has 0 spiro atoms. The fourth-order valence-corrected chi connectivity index (χ4v) is 2.49. The zero-order chi connectivity index (χ0) is 17.4. The molecule has 0 aliphatic carbocycles. The predicted octanol–water partition coefficient (Wildman–Crippen LogP) is 0.663. The van der Waals surface area contributed by atoms with Crippen LogP contribution in [0.2, 0.25) is 0 Å². The Morgan fingerprint density at radius 3 is 2.04 bits per heavy atom. The van der Waals surface area contributed by atoms with Gasteiger partial charge in [-0.05, 0) is 13.8 Å². The number of rotatable bonds is 8. The fourth-order valence-electron chi connectivity index (χ4n) is 2.49. The first-order valence-electron chi connectivity index (χ1n) is 7.66. The van der Waals surface area contributed by atoms with Gasteiger partial charge in [0.2, 0.25) is 0 Å². The monoisotopic (exact) mass is 334 g/mol. The predicted molar refractivity (Wildman–Crippen MR) is 78.7 cm³/mol. The second-order valence-electron chi connectivity index (χ2n) is 5.00. The molecule has 0 bridgehead atoms. The quantitative estimate of drug-likeness (QED) is 0.598. The highest BCUT2D eigenvalue weighted by atomic mass is 16.7. The minimum absolute atomic E-state index is 0.00374. The van der Waals surface area contributed by atoms with Crippen molar-refractivity contribution < 1.29 is 38.0 Å². The Morgan fingerprint density at radius 1 is 0.957 bits per heavy atom. The van der Waals surface area contributed by atoms with Crippen molar-refractivity contribution in [1.82, 2.24) is 0 Å². The molecule has 5 atom stereocenters. The molecule has 1 heterocycles. The second-order valence-corrected chi connectivity index (χ2v) is 5.00. The van der Waals surface area contributed by atoms with Crippen LogP contribution in [0.3, 0.4) is 0 Å². The molecule has 134 valence electrons. The Morgan fingerprint density at radius 2 is 1.57 bits per heavy atom. The van der Waals surface area contributed by atoms with Crippen molar-refractivity contribution in [1.29, 1.82) is 0 Å². The number of esters is 2. The van der Waals surface area contributed by atoms with Crippen LogP contribution in [0.1, 0.15) is 27.7 Å². The lowest BCUT2D eigenvalue weighted by atomic mass is 9.98. The number of methoxy groups -OCH3 is 1. The van der Waals surface area contributed by atoms with Gasteiger partial charge >= 0.3 is 11.9 Å². The number of carbonyl (C=O) groups excluding carboxylic acids is 2. The zero-order valence-corrected chi connectivity index (χ0v) is 14.3. The van der Waals surface area contributed by atoms with Gasteiger partial charge in [0.25, 0.3) is 0 Å². The summed E-state index contributed by atoms with van der Waals surface area (Å²) in [6.07, 6.45) is -3.36. The molecule has 0 N–H and O–H groups in total. The lowest BCUT2D eigenvalue weighted by molar-refractivity contribution is -0.310. The van der Waals surface area contributed by atoms with E-state index >= 15 is 0 Å². The van der Waals surface area contributed by atoms with Crippen LogP contribution in [-0.2, 0) is 38.0 Å². The molecule has 23 heavy (non-hydrogen) atoms. The highest BCUT2D eigenvalue weighted by Crippen LogP contribution is 2.29. The van der Waals surface area contributed by atoms with Gasteiger partial charge in [0.1, 0.15) is 24.9 Å². The molecule has 0 saturated carbocycles. The van der Waals surface area contributed by atoms with Gasteiger partial charge in [-0.1, -0.05) is 0 Å². The van der Waals surface area contributed by atoms with Gasteiger partial charge in [0.15, 0.2) is 12.4 Å². The van der Waals surface area contributed by atoms with E-state index in [1.165, 1.54) is 21.0 Å². The van der Waals surface area contributed by atoms with Crippen LogP contribution in [0.5, 0.6) is 0 Å². The summed E-state index contributed by atoms with van der Waals surface area (Å²) in [5.41, 5.74) is 0. The minimum atomic E-state index is -0.840. The third-order valence-electron chi connectivity index (χ3n) is 3.29. The summed E-state index contributed by atoms with van der Waals surface area (Å²) in [6, 6.07) is 0. The van der Waals surface area contributed by atoms with Crippen LogP contribution in [0.25, 0.3) is 0 Å². The molecular weight excluding hydrogens is 308 g/mol. The minimum Gasteiger partial charge on any atom is -0.463 e. The van der Waals surface area contributed by atoms with Gasteiger partial charge in [-0.15, -0.1) is 0 Å². The Kier molecular flexibility index (Phi) is 8.46. The maximum absolute atomic E-state index is 11.4. The van der Waals surface area contributed by atoms with E-state index in [0.29, 0.717) is 13.2 Å². The smallest absolute Gasteiger partial charge is 0.303 e. The lowest BCUT2D eigenvalue weighted by Crippen LogP contribution is -2.62.